The topological polar surface area (TPSA) is 73.9 Å². The average molecular weight is 397 g/mol. The lowest BCUT2D eigenvalue weighted by atomic mass is 10.1. The number of benzene rings is 2. The molecule has 0 aliphatic carbocycles. The van der Waals surface area contributed by atoms with Gasteiger partial charge in [0.1, 0.15) is 11.5 Å². The van der Waals surface area contributed by atoms with E-state index in [1.165, 1.54) is 18.4 Å². The van der Waals surface area contributed by atoms with Crippen LogP contribution in [0.5, 0.6) is 11.5 Å². The first kappa shape index (κ1) is 19.4. The summed E-state index contributed by atoms with van der Waals surface area (Å²) in [5.41, 5.74) is 1.82. The first-order valence-corrected chi connectivity index (χ1v) is 9.32. The molecule has 0 atom stereocenters. The predicted octanol–water partition coefficient (Wildman–Crippen LogP) is 4.37. The van der Waals surface area contributed by atoms with Gasteiger partial charge in [-0.05, 0) is 41.3 Å². The monoisotopic (exact) mass is 397 g/mol. The molecule has 1 aromatic heterocycles. The van der Waals surface area contributed by atoms with Gasteiger partial charge in [0.05, 0.1) is 19.9 Å². The highest BCUT2D eigenvalue weighted by Crippen LogP contribution is 2.27. The lowest BCUT2D eigenvalue weighted by Gasteiger charge is -2.11. The minimum atomic E-state index is -0.478. The van der Waals surface area contributed by atoms with Crippen molar-refractivity contribution in [2.75, 3.05) is 19.5 Å². The fourth-order valence-corrected chi connectivity index (χ4v) is 3.27. The number of methoxy groups -OCH3 is 2. The Hall–Kier alpha value is -3.32. The Kier molecular flexibility index (Phi) is 6.29. The molecule has 7 heteroatoms. The smallest absolute Gasteiger partial charge is 0.350 e. The van der Waals surface area contributed by atoms with Crippen LogP contribution in [0.3, 0.4) is 0 Å². The van der Waals surface area contributed by atoms with E-state index in [1.807, 2.05) is 36.4 Å². The average Bonchev–Trinajstić information content (AvgIpc) is 3.20. The van der Waals surface area contributed by atoms with Crippen molar-refractivity contribution in [3.8, 4) is 11.5 Å². The summed E-state index contributed by atoms with van der Waals surface area (Å²) >= 11 is 1.21. The molecule has 1 heterocycles. The maximum absolute atomic E-state index is 12.4. The van der Waals surface area contributed by atoms with Crippen molar-refractivity contribution in [1.82, 2.24) is 0 Å². The number of anilines is 1. The lowest BCUT2D eigenvalue weighted by Crippen LogP contribution is -2.14. The molecule has 3 rings (SSSR count). The molecule has 3 aromatic rings. The molecule has 0 bridgehead atoms. The summed E-state index contributed by atoms with van der Waals surface area (Å²) in [6.07, 6.45) is 0. The summed E-state index contributed by atoms with van der Waals surface area (Å²) in [5.74, 6) is 0.533. The summed E-state index contributed by atoms with van der Waals surface area (Å²) in [6, 6.07) is 16.1. The molecule has 1 amide bonds. The summed E-state index contributed by atoms with van der Waals surface area (Å²) in [6.45, 7) is 0.347. The molecule has 144 valence electrons. The van der Waals surface area contributed by atoms with Gasteiger partial charge in [0.15, 0.2) is 11.5 Å². The second-order valence-corrected chi connectivity index (χ2v) is 6.66. The van der Waals surface area contributed by atoms with Crippen molar-refractivity contribution >= 4 is 28.9 Å². The minimum Gasteiger partial charge on any atom is -0.493 e. The van der Waals surface area contributed by atoms with Gasteiger partial charge in [-0.15, -0.1) is 11.3 Å². The number of hydrogen-bond acceptors (Lipinski definition) is 6. The van der Waals surface area contributed by atoms with Gasteiger partial charge in [-0.3, -0.25) is 4.79 Å². The highest BCUT2D eigenvalue weighted by Gasteiger charge is 2.16. The number of thiophene rings is 1. The van der Waals surface area contributed by atoms with Crippen molar-refractivity contribution in [2.24, 2.45) is 0 Å². The number of rotatable bonds is 7. The van der Waals surface area contributed by atoms with E-state index >= 15 is 0 Å². The molecule has 0 spiro atoms. The number of para-hydroxylation sites is 2. The van der Waals surface area contributed by atoms with E-state index < -0.39 is 5.97 Å². The van der Waals surface area contributed by atoms with Crippen LogP contribution in [0.1, 0.15) is 25.6 Å². The van der Waals surface area contributed by atoms with Crippen LogP contribution in [0.2, 0.25) is 0 Å². The summed E-state index contributed by atoms with van der Waals surface area (Å²) in [7, 11) is 2.90. The zero-order chi connectivity index (χ0) is 19.9. The number of hydrogen-bond donors (Lipinski definition) is 1. The Bertz CT molecular complexity index is 965. The van der Waals surface area contributed by atoms with Crippen molar-refractivity contribution < 1.29 is 23.8 Å². The van der Waals surface area contributed by atoms with Crippen molar-refractivity contribution in [3.63, 3.8) is 0 Å². The molecule has 0 unspecified atom stereocenters. The Morgan fingerprint density at radius 2 is 1.68 bits per heavy atom. The Balaban J connectivity index is 1.63. The van der Waals surface area contributed by atoms with Gasteiger partial charge in [-0.25, -0.2) is 4.79 Å². The SMILES string of the molecule is COC(=O)c1sccc1NC(=O)c1ccc(COc2ccccc2OC)cc1. The van der Waals surface area contributed by atoms with E-state index in [-0.39, 0.29) is 5.91 Å². The summed E-state index contributed by atoms with van der Waals surface area (Å²) < 4.78 is 15.8. The van der Waals surface area contributed by atoms with Crippen LogP contribution in [-0.2, 0) is 11.3 Å². The fraction of sp³-hybridized carbons (Fsp3) is 0.143. The molecular formula is C21H19NO5S. The quantitative estimate of drug-likeness (QED) is 0.599. The van der Waals surface area contributed by atoms with Crippen LogP contribution in [0.4, 0.5) is 5.69 Å². The molecule has 0 fully saturated rings. The second kappa shape index (κ2) is 9.05. The van der Waals surface area contributed by atoms with E-state index in [0.29, 0.717) is 34.2 Å². The summed E-state index contributed by atoms with van der Waals surface area (Å²) in [4.78, 5) is 24.5. The maximum atomic E-state index is 12.4. The predicted molar refractivity (Wildman–Crippen MR) is 107 cm³/mol. The standard InChI is InChI=1S/C21H19NO5S/c1-25-17-5-3-4-6-18(17)27-13-14-7-9-15(10-8-14)20(23)22-16-11-12-28-19(16)21(24)26-2/h3-12H,13H2,1-2H3,(H,22,23). The van der Waals surface area contributed by atoms with Crippen molar-refractivity contribution in [2.45, 2.75) is 6.61 Å². The largest absolute Gasteiger partial charge is 0.493 e. The fourth-order valence-electron chi connectivity index (χ4n) is 2.50. The molecule has 6 nitrogen and oxygen atoms in total. The van der Waals surface area contributed by atoms with E-state index in [2.05, 4.69) is 5.32 Å². The minimum absolute atomic E-state index is 0.305. The molecule has 0 aliphatic heterocycles. The van der Waals surface area contributed by atoms with Gasteiger partial charge in [0, 0.05) is 5.56 Å². The molecule has 0 radical (unpaired) electrons. The molecule has 1 N–H and O–H groups in total. The van der Waals surface area contributed by atoms with Crippen LogP contribution in [0.15, 0.2) is 60.0 Å². The number of esters is 1. The maximum Gasteiger partial charge on any atom is 0.350 e. The second-order valence-electron chi connectivity index (χ2n) is 5.75. The van der Waals surface area contributed by atoms with Crippen LogP contribution in [0, 0.1) is 0 Å². The van der Waals surface area contributed by atoms with Gasteiger partial charge in [-0.1, -0.05) is 24.3 Å². The third kappa shape index (κ3) is 4.50. The zero-order valence-electron chi connectivity index (χ0n) is 15.4. The van der Waals surface area contributed by atoms with Gasteiger partial charge in [0.25, 0.3) is 5.91 Å². The lowest BCUT2D eigenvalue weighted by molar-refractivity contribution is 0.0607. The highest BCUT2D eigenvalue weighted by molar-refractivity contribution is 7.12. The number of ether oxygens (including phenoxy) is 3. The van der Waals surface area contributed by atoms with E-state index in [9.17, 15) is 9.59 Å². The van der Waals surface area contributed by atoms with Gasteiger partial charge in [-0.2, -0.15) is 0 Å². The molecule has 0 saturated carbocycles. The third-order valence-electron chi connectivity index (χ3n) is 3.96. The first-order chi connectivity index (χ1) is 13.6. The van der Waals surface area contributed by atoms with Crippen molar-refractivity contribution in [1.29, 1.82) is 0 Å². The van der Waals surface area contributed by atoms with E-state index in [0.717, 1.165) is 5.56 Å². The van der Waals surface area contributed by atoms with Gasteiger partial charge < -0.3 is 19.5 Å². The molecule has 0 aliphatic rings. The van der Waals surface area contributed by atoms with Crippen LogP contribution in [0.25, 0.3) is 0 Å². The number of carbonyl (C=O) groups excluding carboxylic acids is 2. The van der Waals surface area contributed by atoms with Crippen LogP contribution >= 0.6 is 11.3 Å². The van der Waals surface area contributed by atoms with Crippen molar-refractivity contribution in [3.05, 3.63) is 76.0 Å². The highest BCUT2D eigenvalue weighted by atomic mass is 32.1. The number of nitrogens with one attached hydrogen (secondary N) is 1. The number of amides is 1. The van der Waals surface area contributed by atoms with Crippen LogP contribution < -0.4 is 14.8 Å². The normalized spacial score (nSPS) is 10.2. The first-order valence-electron chi connectivity index (χ1n) is 8.44. The van der Waals surface area contributed by atoms with Crippen LogP contribution in [-0.4, -0.2) is 26.1 Å². The summed E-state index contributed by atoms with van der Waals surface area (Å²) in [5, 5.41) is 4.46. The molecular weight excluding hydrogens is 378 g/mol. The molecule has 2 aromatic carbocycles. The van der Waals surface area contributed by atoms with Gasteiger partial charge >= 0.3 is 5.97 Å². The Morgan fingerprint density at radius 1 is 0.964 bits per heavy atom. The Morgan fingerprint density at radius 3 is 2.36 bits per heavy atom. The van der Waals surface area contributed by atoms with E-state index in [4.69, 9.17) is 14.2 Å². The molecule has 28 heavy (non-hydrogen) atoms. The number of carbonyl (C=O) groups is 2. The Labute approximate surface area is 166 Å². The van der Waals surface area contributed by atoms with E-state index in [1.54, 1.807) is 30.7 Å². The van der Waals surface area contributed by atoms with Gasteiger partial charge in [0.2, 0.25) is 0 Å². The third-order valence-corrected chi connectivity index (χ3v) is 4.86. The molecule has 0 saturated heterocycles. The zero-order valence-corrected chi connectivity index (χ0v) is 16.2.